The summed E-state index contributed by atoms with van der Waals surface area (Å²) >= 11 is 0. The third-order valence-electron chi connectivity index (χ3n) is 5.42. The summed E-state index contributed by atoms with van der Waals surface area (Å²) in [7, 11) is 3.51. The van der Waals surface area contributed by atoms with Crippen molar-refractivity contribution in [2.24, 2.45) is 4.99 Å². The fourth-order valence-corrected chi connectivity index (χ4v) is 3.59. The van der Waals surface area contributed by atoms with Gasteiger partial charge < -0.3 is 25.0 Å². The van der Waals surface area contributed by atoms with Crippen molar-refractivity contribution in [3.63, 3.8) is 0 Å². The molecule has 1 saturated carbocycles. The molecule has 1 aromatic carbocycles. The summed E-state index contributed by atoms with van der Waals surface area (Å²) in [5, 5.41) is 6.96. The van der Waals surface area contributed by atoms with E-state index in [0.29, 0.717) is 19.2 Å². The highest BCUT2D eigenvalue weighted by molar-refractivity contribution is 5.80. The maximum atomic E-state index is 5.94. The van der Waals surface area contributed by atoms with Crippen LogP contribution in [-0.4, -0.2) is 57.3 Å². The molecule has 0 saturated heterocycles. The minimum absolute atomic E-state index is 0.538. The van der Waals surface area contributed by atoms with Crippen LogP contribution in [0.4, 0.5) is 0 Å². The Bertz CT molecular complexity index is 596. The number of hydrogen-bond donors (Lipinski definition) is 2. The monoisotopic (exact) mass is 390 g/mol. The van der Waals surface area contributed by atoms with Gasteiger partial charge in [0.05, 0.1) is 7.11 Å². The van der Waals surface area contributed by atoms with Crippen molar-refractivity contribution < 1.29 is 9.47 Å². The number of rotatable bonds is 10. The lowest BCUT2D eigenvalue weighted by Crippen LogP contribution is -2.43. The average molecular weight is 391 g/mol. The number of methoxy groups -OCH3 is 1. The van der Waals surface area contributed by atoms with Crippen molar-refractivity contribution in [3.05, 3.63) is 23.8 Å². The van der Waals surface area contributed by atoms with Gasteiger partial charge in [-0.3, -0.25) is 4.99 Å². The molecule has 1 aliphatic rings. The predicted octanol–water partition coefficient (Wildman–Crippen LogP) is 3.41. The summed E-state index contributed by atoms with van der Waals surface area (Å²) in [4.78, 5) is 6.71. The topological polar surface area (TPSA) is 58.1 Å². The van der Waals surface area contributed by atoms with E-state index in [0.717, 1.165) is 42.7 Å². The molecule has 6 nitrogen and oxygen atoms in total. The van der Waals surface area contributed by atoms with Gasteiger partial charge in [-0.1, -0.05) is 39.2 Å². The number of hydrogen-bond acceptors (Lipinski definition) is 4. The van der Waals surface area contributed by atoms with E-state index in [4.69, 9.17) is 9.47 Å². The number of nitrogens with one attached hydrogen (secondary N) is 2. The lowest BCUT2D eigenvalue weighted by atomic mass is 9.96. The molecule has 0 bridgehead atoms. The highest BCUT2D eigenvalue weighted by atomic mass is 16.5. The van der Waals surface area contributed by atoms with Crippen molar-refractivity contribution in [1.82, 2.24) is 15.5 Å². The highest BCUT2D eigenvalue weighted by Crippen LogP contribution is 2.28. The van der Waals surface area contributed by atoms with Crippen LogP contribution in [0.2, 0.25) is 0 Å². The maximum Gasteiger partial charge on any atom is 0.191 e. The van der Waals surface area contributed by atoms with E-state index in [2.05, 4.69) is 40.4 Å². The zero-order valence-corrected chi connectivity index (χ0v) is 18.1. The van der Waals surface area contributed by atoms with Crippen LogP contribution in [0.5, 0.6) is 11.5 Å². The Balaban J connectivity index is 1.86. The van der Waals surface area contributed by atoms with Gasteiger partial charge >= 0.3 is 0 Å². The molecule has 2 N–H and O–H groups in total. The molecule has 158 valence electrons. The molecule has 1 aliphatic carbocycles. The van der Waals surface area contributed by atoms with E-state index >= 15 is 0 Å². The molecular weight excluding hydrogens is 352 g/mol. The quantitative estimate of drug-likeness (QED) is 0.474. The minimum Gasteiger partial charge on any atom is -0.493 e. The van der Waals surface area contributed by atoms with Gasteiger partial charge in [0.25, 0.3) is 0 Å². The smallest absolute Gasteiger partial charge is 0.191 e. The SMILES string of the molecule is CCN(CC)CCOc1ccc(CNC(=NC)NC2CCCCC2)cc1OC. The van der Waals surface area contributed by atoms with E-state index in [9.17, 15) is 0 Å². The number of ether oxygens (including phenoxy) is 2. The lowest BCUT2D eigenvalue weighted by molar-refractivity contribution is 0.217. The lowest BCUT2D eigenvalue weighted by Gasteiger charge is -2.25. The summed E-state index contributed by atoms with van der Waals surface area (Å²) in [6.07, 6.45) is 6.43. The fourth-order valence-electron chi connectivity index (χ4n) is 3.59. The van der Waals surface area contributed by atoms with Crippen molar-refractivity contribution in [2.45, 2.75) is 58.5 Å². The zero-order valence-electron chi connectivity index (χ0n) is 18.1. The van der Waals surface area contributed by atoms with Gasteiger partial charge in [-0.15, -0.1) is 0 Å². The van der Waals surface area contributed by atoms with Crippen molar-refractivity contribution >= 4 is 5.96 Å². The van der Waals surface area contributed by atoms with Gasteiger partial charge in [0.15, 0.2) is 17.5 Å². The first-order chi connectivity index (χ1) is 13.7. The zero-order chi connectivity index (χ0) is 20.2. The standard InChI is InChI=1S/C22H38N4O2/c1-5-26(6-2)14-15-28-20-13-12-18(16-21(20)27-4)17-24-22(23-3)25-19-10-8-7-9-11-19/h12-13,16,19H,5-11,14-15,17H2,1-4H3,(H2,23,24,25). The summed E-state index contributed by atoms with van der Waals surface area (Å²) in [6.45, 7) is 8.69. The van der Waals surface area contributed by atoms with Crippen LogP contribution in [0, 0.1) is 0 Å². The van der Waals surface area contributed by atoms with Crippen LogP contribution in [0.15, 0.2) is 23.2 Å². The number of aliphatic imine (C=N–C) groups is 1. The summed E-state index contributed by atoms with van der Waals surface area (Å²) in [5.41, 5.74) is 1.14. The first kappa shape index (κ1) is 22.3. The Morgan fingerprint density at radius 3 is 2.54 bits per heavy atom. The average Bonchev–Trinajstić information content (AvgIpc) is 2.75. The van der Waals surface area contributed by atoms with Gasteiger partial charge in [-0.25, -0.2) is 0 Å². The molecule has 6 heteroatoms. The molecule has 2 rings (SSSR count). The van der Waals surface area contributed by atoms with E-state index < -0.39 is 0 Å². The largest absolute Gasteiger partial charge is 0.493 e. The molecule has 0 aromatic heterocycles. The first-order valence-electron chi connectivity index (χ1n) is 10.7. The Hall–Kier alpha value is -1.95. The molecule has 0 amide bonds. The number of nitrogens with zero attached hydrogens (tertiary/aromatic N) is 2. The molecule has 1 fully saturated rings. The second-order valence-electron chi connectivity index (χ2n) is 7.27. The third-order valence-corrected chi connectivity index (χ3v) is 5.42. The van der Waals surface area contributed by atoms with Gasteiger partial charge in [0.1, 0.15) is 6.61 Å². The second kappa shape index (κ2) is 12.5. The number of likely N-dealkylation sites (N-methyl/N-ethyl adjacent to an activating group) is 1. The molecule has 0 atom stereocenters. The van der Waals surface area contributed by atoms with Gasteiger partial charge in [-0.05, 0) is 43.6 Å². The minimum atomic E-state index is 0.538. The third kappa shape index (κ3) is 7.23. The Morgan fingerprint density at radius 1 is 1.14 bits per heavy atom. The fraction of sp³-hybridized carbons (Fsp3) is 0.682. The summed E-state index contributed by atoms with van der Waals surface area (Å²) in [5.74, 6) is 2.43. The highest BCUT2D eigenvalue weighted by Gasteiger charge is 2.14. The number of benzene rings is 1. The molecule has 0 spiro atoms. The molecule has 1 aromatic rings. The Labute approximate surface area is 170 Å². The molecule has 0 unspecified atom stereocenters. The Morgan fingerprint density at radius 2 is 1.89 bits per heavy atom. The summed E-state index contributed by atoms with van der Waals surface area (Å²) < 4.78 is 11.5. The van der Waals surface area contributed by atoms with Crippen molar-refractivity contribution in [1.29, 1.82) is 0 Å². The van der Waals surface area contributed by atoms with Crippen LogP contribution in [0.3, 0.4) is 0 Å². The summed E-state index contributed by atoms with van der Waals surface area (Å²) in [6, 6.07) is 6.65. The molecule has 0 radical (unpaired) electrons. The first-order valence-corrected chi connectivity index (χ1v) is 10.7. The van der Waals surface area contributed by atoms with Crippen LogP contribution in [0.1, 0.15) is 51.5 Å². The maximum absolute atomic E-state index is 5.94. The number of guanidine groups is 1. The van der Waals surface area contributed by atoms with Crippen LogP contribution in [-0.2, 0) is 6.54 Å². The van der Waals surface area contributed by atoms with E-state index in [1.807, 2.05) is 19.2 Å². The van der Waals surface area contributed by atoms with E-state index in [-0.39, 0.29) is 0 Å². The van der Waals surface area contributed by atoms with Crippen LogP contribution in [0.25, 0.3) is 0 Å². The predicted molar refractivity (Wildman–Crippen MR) is 116 cm³/mol. The second-order valence-corrected chi connectivity index (χ2v) is 7.27. The molecule has 0 heterocycles. The van der Waals surface area contributed by atoms with Crippen LogP contribution < -0.4 is 20.1 Å². The molecule has 28 heavy (non-hydrogen) atoms. The van der Waals surface area contributed by atoms with Gasteiger partial charge in [-0.2, -0.15) is 0 Å². The molecule has 0 aliphatic heterocycles. The van der Waals surface area contributed by atoms with Crippen molar-refractivity contribution in [2.75, 3.05) is 40.4 Å². The van der Waals surface area contributed by atoms with E-state index in [1.165, 1.54) is 32.1 Å². The Kier molecular flexibility index (Phi) is 9.97. The van der Waals surface area contributed by atoms with Gasteiger partial charge in [0, 0.05) is 26.2 Å². The molecular formula is C22H38N4O2. The van der Waals surface area contributed by atoms with Crippen LogP contribution >= 0.6 is 0 Å². The van der Waals surface area contributed by atoms with Crippen molar-refractivity contribution in [3.8, 4) is 11.5 Å². The normalized spacial score (nSPS) is 15.5. The van der Waals surface area contributed by atoms with Gasteiger partial charge in [0.2, 0.25) is 0 Å². The van der Waals surface area contributed by atoms with E-state index in [1.54, 1.807) is 7.11 Å².